The maximum Gasteiger partial charge on any atom is 0.331 e. The molecule has 0 saturated carbocycles. The van der Waals surface area contributed by atoms with E-state index in [1.54, 1.807) is 6.07 Å². The number of nitrogens with zero attached hydrogens (tertiary/aromatic N) is 4. The van der Waals surface area contributed by atoms with Gasteiger partial charge in [0.25, 0.3) is 0 Å². The number of carboxylic acids is 1. The lowest BCUT2D eigenvalue weighted by Crippen LogP contribution is -2.42. The Balaban J connectivity index is 2.43. The van der Waals surface area contributed by atoms with Gasteiger partial charge in [-0.1, -0.05) is 43.6 Å². The zero-order valence-corrected chi connectivity index (χ0v) is 12.7. The van der Waals surface area contributed by atoms with Crippen molar-refractivity contribution in [2.45, 2.75) is 38.6 Å². The molecule has 0 fully saturated rings. The summed E-state index contributed by atoms with van der Waals surface area (Å²) in [6, 6.07) is 7.38. The fraction of sp³-hybridized carbons (Fsp3) is 0.429. The predicted molar refractivity (Wildman–Crippen MR) is 78.3 cm³/mol. The quantitative estimate of drug-likeness (QED) is 0.886. The first kappa shape index (κ1) is 15.4. The van der Waals surface area contributed by atoms with Crippen LogP contribution in [0.15, 0.2) is 24.3 Å². The second kappa shape index (κ2) is 6.22. The van der Waals surface area contributed by atoms with Crippen molar-refractivity contribution in [3.63, 3.8) is 0 Å². The van der Waals surface area contributed by atoms with E-state index in [0.717, 1.165) is 5.56 Å². The molecule has 0 bridgehead atoms. The average molecular weight is 309 g/mol. The van der Waals surface area contributed by atoms with Gasteiger partial charge in [0.15, 0.2) is 11.4 Å². The SMILES string of the molecule is CCC(CC)(C(=O)O)n1nnnc1Cc1ccccc1Cl. The Morgan fingerprint density at radius 3 is 2.57 bits per heavy atom. The minimum atomic E-state index is -1.12. The maximum absolute atomic E-state index is 11.7. The van der Waals surface area contributed by atoms with Crippen molar-refractivity contribution in [2.24, 2.45) is 0 Å². The van der Waals surface area contributed by atoms with Gasteiger partial charge in [-0.15, -0.1) is 5.10 Å². The summed E-state index contributed by atoms with van der Waals surface area (Å²) in [4.78, 5) is 11.7. The van der Waals surface area contributed by atoms with Gasteiger partial charge in [-0.05, 0) is 34.9 Å². The standard InChI is InChI=1S/C14H17ClN4O2/c1-3-14(4-2,13(20)21)19-12(16-17-18-19)9-10-7-5-6-8-11(10)15/h5-8H,3-4,9H2,1-2H3,(H,20,21). The van der Waals surface area contributed by atoms with Crippen molar-refractivity contribution in [2.75, 3.05) is 0 Å². The number of carboxylic acid groups (broad SMARTS) is 1. The van der Waals surface area contributed by atoms with Gasteiger partial charge in [-0.25, -0.2) is 9.48 Å². The summed E-state index contributed by atoms with van der Waals surface area (Å²) in [5, 5.41) is 21.7. The Kier molecular flexibility index (Phi) is 4.57. The number of hydrogen-bond acceptors (Lipinski definition) is 4. The van der Waals surface area contributed by atoms with E-state index in [2.05, 4.69) is 15.5 Å². The van der Waals surface area contributed by atoms with Gasteiger partial charge in [-0.3, -0.25) is 0 Å². The zero-order chi connectivity index (χ0) is 15.5. The number of hydrogen-bond donors (Lipinski definition) is 1. The molecule has 7 heteroatoms. The van der Waals surface area contributed by atoms with Crippen molar-refractivity contribution in [3.8, 4) is 0 Å². The first-order chi connectivity index (χ1) is 10.0. The summed E-state index contributed by atoms with van der Waals surface area (Å²) >= 11 is 6.14. The van der Waals surface area contributed by atoms with Gasteiger partial charge < -0.3 is 5.11 Å². The molecule has 0 radical (unpaired) electrons. The molecule has 0 aliphatic rings. The van der Waals surface area contributed by atoms with Crippen LogP contribution in [0.5, 0.6) is 0 Å². The Bertz CT molecular complexity index is 637. The highest BCUT2D eigenvalue weighted by Crippen LogP contribution is 2.27. The lowest BCUT2D eigenvalue weighted by molar-refractivity contribution is -0.148. The molecule has 2 aromatic rings. The minimum absolute atomic E-state index is 0.391. The molecule has 0 saturated heterocycles. The van der Waals surface area contributed by atoms with Gasteiger partial charge in [0.2, 0.25) is 0 Å². The molecule has 1 N–H and O–H groups in total. The fourth-order valence-corrected chi connectivity index (χ4v) is 2.61. The summed E-state index contributed by atoms with van der Waals surface area (Å²) in [6.45, 7) is 3.64. The van der Waals surface area contributed by atoms with Gasteiger partial charge >= 0.3 is 5.97 Å². The van der Waals surface area contributed by atoms with Gasteiger partial charge in [-0.2, -0.15) is 0 Å². The van der Waals surface area contributed by atoms with E-state index >= 15 is 0 Å². The van der Waals surface area contributed by atoms with Crippen LogP contribution < -0.4 is 0 Å². The number of rotatable bonds is 6. The Hall–Kier alpha value is -1.95. The van der Waals surface area contributed by atoms with Crippen molar-refractivity contribution in [1.29, 1.82) is 0 Å². The summed E-state index contributed by atoms with van der Waals surface area (Å²) < 4.78 is 1.42. The van der Waals surface area contributed by atoms with E-state index in [1.165, 1.54) is 4.68 Å². The molecule has 1 aromatic heterocycles. The highest BCUT2D eigenvalue weighted by Gasteiger charge is 2.40. The zero-order valence-electron chi connectivity index (χ0n) is 12.0. The number of carbonyl (C=O) groups is 1. The van der Waals surface area contributed by atoms with E-state index < -0.39 is 11.5 Å². The molecule has 0 spiro atoms. The maximum atomic E-state index is 11.7. The smallest absolute Gasteiger partial charge is 0.331 e. The molecular formula is C14H17ClN4O2. The van der Waals surface area contributed by atoms with Crippen LogP contribution in [0, 0.1) is 0 Å². The van der Waals surface area contributed by atoms with Crippen LogP contribution in [0.3, 0.4) is 0 Å². The molecular weight excluding hydrogens is 292 g/mol. The van der Waals surface area contributed by atoms with E-state index in [4.69, 9.17) is 11.6 Å². The first-order valence-electron chi connectivity index (χ1n) is 6.79. The van der Waals surface area contributed by atoms with Crippen LogP contribution in [0.25, 0.3) is 0 Å². The van der Waals surface area contributed by atoms with Crippen LogP contribution in [0.2, 0.25) is 5.02 Å². The largest absolute Gasteiger partial charge is 0.479 e. The van der Waals surface area contributed by atoms with Crippen molar-refractivity contribution >= 4 is 17.6 Å². The van der Waals surface area contributed by atoms with Crippen molar-refractivity contribution in [3.05, 3.63) is 40.7 Å². The number of halogens is 1. The molecule has 21 heavy (non-hydrogen) atoms. The van der Waals surface area contributed by atoms with Crippen LogP contribution in [-0.4, -0.2) is 31.3 Å². The van der Waals surface area contributed by atoms with E-state index in [1.807, 2.05) is 32.0 Å². The van der Waals surface area contributed by atoms with E-state index in [0.29, 0.717) is 30.1 Å². The van der Waals surface area contributed by atoms with E-state index in [9.17, 15) is 9.90 Å². The topological polar surface area (TPSA) is 80.9 Å². The minimum Gasteiger partial charge on any atom is -0.479 e. The van der Waals surface area contributed by atoms with Crippen LogP contribution >= 0.6 is 11.6 Å². The molecule has 1 aromatic carbocycles. The van der Waals surface area contributed by atoms with Crippen LogP contribution in [-0.2, 0) is 16.8 Å². The van der Waals surface area contributed by atoms with E-state index in [-0.39, 0.29) is 0 Å². The van der Waals surface area contributed by atoms with Crippen LogP contribution in [0.1, 0.15) is 38.1 Å². The molecule has 0 atom stereocenters. The number of benzene rings is 1. The lowest BCUT2D eigenvalue weighted by Gasteiger charge is -2.27. The van der Waals surface area contributed by atoms with Crippen molar-refractivity contribution in [1.82, 2.24) is 20.2 Å². The van der Waals surface area contributed by atoms with Crippen molar-refractivity contribution < 1.29 is 9.90 Å². The summed E-state index contributed by atoms with van der Waals surface area (Å²) in [6.07, 6.45) is 1.19. The Morgan fingerprint density at radius 2 is 2.00 bits per heavy atom. The molecule has 6 nitrogen and oxygen atoms in total. The van der Waals surface area contributed by atoms with Gasteiger partial charge in [0, 0.05) is 11.4 Å². The van der Waals surface area contributed by atoms with Gasteiger partial charge in [0.1, 0.15) is 0 Å². The second-order valence-corrected chi connectivity index (χ2v) is 5.23. The summed E-state index contributed by atoms with van der Waals surface area (Å²) in [7, 11) is 0. The predicted octanol–water partition coefficient (Wildman–Crippen LogP) is 2.52. The molecule has 0 aliphatic carbocycles. The summed E-state index contributed by atoms with van der Waals surface area (Å²) in [5.74, 6) is -0.436. The third kappa shape index (κ3) is 2.76. The highest BCUT2D eigenvalue weighted by molar-refractivity contribution is 6.31. The third-order valence-corrected chi connectivity index (χ3v) is 4.18. The van der Waals surface area contributed by atoms with Crippen LogP contribution in [0.4, 0.5) is 0 Å². The second-order valence-electron chi connectivity index (χ2n) is 4.82. The Morgan fingerprint density at radius 1 is 1.33 bits per heavy atom. The number of aliphatic carboxylic acids is 1. The monoisotopic (exact) mass is 308 g/mol. The highest BCUT2D eigenvalue weighted by atomic mass is 35.5. The first-order valence-corrected chi connectivity index (χ1v) is 7.17. The molecule has 0 aliphatic heterocycles. The third-order valence-electron chi connectivity index (χ3n) is 3.81. The molecule has 0 amide bonds. The Labute approximate surface area is 127 Å². The number of tetrazole rings is 1. The molecule has 1 heterocycles. The normalized spacial score (nSPS) is 11.6. The fourth-order valence-electron chi connectivity index (χ4n) is 2.40. The van der Waals surface area contributed by atoms with Gasteiger partial charge in [0.05, 0.1) is 0 Å². The molecule has 0 unspecified atom stereocenters. The average Bonchev–Trinajstić information content (AvgIpc) is 2.92. The lowest BCUT2D eigenvalue weighted by atomic mass is 9.93. The summed E-state index contributed by atoms with van der Waals surface area (Å²) in [5.41, 5.74) is -0.262. The molecule has 112 valence electrons. The molecule has 2 rings (SSSR count). The number of aromatic nitrogens is 4.